The molecule has 0 fully saturated rings. The van der Waals surface area contributed by atoms with E-state index < -0.39 is 6.10 Å². The summed E-state index contributed by atoms with van der Waals surface area (Å²) in [6.07, 6.45) is 1.80. The standard InChI is InChI=1S/C18H21N5O2/c1-12(24)9-11-22(3)18(25)16-13(2)23(21-20-16)15-8-4-6-14-7-5-10-19-17(14)15/h4-8,10,12,24H,9,11H2,1-3H3. The van der Waals surface area contributed by atoms with E-state index in [2.05, 4.69) is 15.3 Å². The summed E-state index contributed by atoms with van der Waals surface area (Å²) in [5, 5.41) is 18.6. The van der Waals surface area contributed by atoms with E-state index in [9.17, 15) is 9.90 Å². The first-order chi connectivity index (χ1) is 12.0. The Morgan fingerprint density at radius 1 is 1.32 bits per heavy atom. The van der Waals surface area contributed by atoms with Crippen molar-refractivity contribution in [1.82, 2.24) is 24.9 Å². The molecule has 7 heteroatoms. The van der Waals surface area contributed by atoms with Gasteiger partial charge in [0, 0.05) is 25.2 Å². The van der Waals surface area contributed by atoms with E-state index in [1.54, 1.807) is 29.7 Å². The second-order valence-electron chi connectivity index (χ2n) is 6.15. The number of hydrogen-bond acceptors (Lipinski definition) is 5. The summed E-state index contributed by atoms with van der Waals surface area (Å²) in [5.41, 5.74) is 2.56. The van der Waals surface area contributed by atoms with Crippen LogP contribution in [0, 0.1) is 6.92 Å². The van der Waals surface area contributed by atoms with E-state index in [4.69, 9.17) is 0 Å². The lowest BCUT2D eigenvalue weighted by Crippen LogP contribution is -2.30. The van der Waals surface area contributed by atoms with Crippen molar-refractivity contribution in [2.75, 3.05) is 13.6 Å². The Bertz CT molecular complexity index is 898. The van der Waals surface area contributed by atoms with Crippen LogP contribution in [0.25, 0.3) is 16.6 Å². The predicted octanol–water partition coefficient (Wildman–Crippen LogP) is 1.97. The van der Waals surface area contributed by atoms with Crippen LogP contribution >= 0.6 is 0 Å². The number of carbonyl (C=O) groups excluding carboxylic acids is 1. The summed E-state index contributed by atoms with van der Waals surface area (Å²) in [6, 6.07) is 9.67. The number of hydrogen-bond donors (Lipinski definition) is 1. The predicted molar refractivity (Wildman–Crippen MR) is 94.7 cm³/mol. The van der Waals surface area contributed by atoms with Crippen molar-refractivity contribution in [3.05, 3.63) is 47.9 Å². The molecule has 1 unspecified atom stereocenters. The molecule has 0 radical (unpaired) electrons. The molecule has 0 aliphatic carbocycles. The van der Waals surface area contributed by atoms with Crippen LogP contribution in [0.5, 0.6) is 0 Å². The van der Waals surface area contributed by atoms with Crippen LogP contribution in [-0.4, -0.2) is 55.6 Å². The van der Waals surface area contributed by atoms with Gasteiger partial charge in [-0.15, -0.1) is 5.10 Å². The van der Waals surface area contributed by atoms with Crippen LogP contribution in [0.2, 0.25) is 0 Å². The molecule has 0 spiro atoms. The SMILES string of the molecule is Cc1c(C(=O)N(C)CCC(C)O)nnn1-c1cccc2cccnc12. The summed E-state index contributed by atoms with van der Waals surface area (Å²) < 4.78 is 1.64. The minimum Gasteiger partial charge on any atom is -0.393 e. The van der Waals surface area contributed by atoms with Crippen LogP contribution in [0.15, 0.2) is 36.5 Å². The second-order valence-corrected chi connectivity index (χ2v) is 6.15. The van der Waals surface area contributed by atoms with E-state index >= 15 is 0 Å². The minimum absolute atomic E-state index is 0.211. The monoisotopic (exact) mass is 339 g/mol. The zero-order valence-corrected chi connectivity index (χ0v) is 14.5. The van der Waals surface area contributed by atoms with Gasteiger partial charge in [-0.2, -0.15) is 0 Å². The molecule has 3 aromatic rings. The van der Waals surface area contributed by atoms with E-state index in [0.717, 1.165) is 16.6 Å². The second kappa shape index (κ2) is 6.98. The Balaban J connectivity index is 1.94. The van der Waals surface area contributed by atoms with Crippen LogP contribution < -0.4 is 0 Å². The number of carbonyl (C=O) groups is 1. The summed E-state index contributed by atoms with van der Waals surface area (Å²) >= 11 is 0. The molecule has 0 aliphatic rings. The summed E-state index contributed by atoms with van der Waals surface area (Å²) in [6.45, 7) is 3.98. The number of rotatable bonds is 5. The summed E-state index contributed by atoms with van der Waals surface area (Å²) in [5.74, 6) is -0.211. The molecule has 3 rings (SSSR count). The lowest BCUT2D eigenvalue weighted by molar-refractivity contribution is 0.0762. The van der Waals surface area contributed by atoms with Crippen LogP contribution in [0.4, 0.5) is 0 Å². The molecule has 0 saturated carbocycles. The number of pyridine rings is 1. The molecule has 2 heterocycles. The molecule has 7 nitrogen and oxygen atoms in total. The van der Waals surface area contributed by atoms with Gasteiger partial charge in [-0.25, -0.2) is 4.68 Å². The minimum atomic E-state index is -0.450. The fraction of sp³-hybridized carbons (Fsp3) is 0.333. The van der Waals surface area contributed by atoms with Gasteiger partial charge in [0.25, 0.3) is 5.91 Å². The molecule has 1 N–H and O–H groups in total. The molecule has 1 amide bonds. The van der Waals surface area contributed by atoms with Gasteiger partial charge in [0.15, 0.2) is 5.69 Å². The fourth-order valence-corrected chi connectivity index (χ4v) is 2.68. The topological polar surface area (TPSA) is 84.1 Å². The normalized spacial score (nSPS) is 12.3. The zero-order chi connectivity index (χ0) is 18.0. The molecule has 0 aliphatic heterocycles. The molecule has 1 aromatic carbocycles. The number of aliphatic hydroxyl groups is 1. The Morgan fingerprint density at radius 3 is 2.84 bits per heavy atom. The lowest BCUT2D eigenvalue weighted by atomic mass is 10.2. The summed E-state index contributed by atoms with van der Waals surface area (Å²) in [4.78, 5) is 18.6. The van der Waals surface area contributed by atoms with Crippen molar-refractivity contribution < 1.29 is 9.90 Å². The van der Waals surface area contributed by atoms with Gasteiger partial charge in [0.05, 0.1) is 23.0 Å². The molecule has 0 bridgehead atoms. The van der Waals surface area contributed by atoms with Crippen molar-refractivity contribution in [3.8, 4) is 5.69 Å². The van der Waals surface area contributed by atoms with Gasteiger partial charge in [0.1, 0.15) is 0 Å². The van der Waals surface area contributed by atoms with E-state index in [0.29, 0.717) is 24.4 Å². The smallest absolute Gasteiger partial charge is 0.276 e. The molecule has 0 saturated heterocycles. The van der Waals surface area contributed by atoms with Gasteiger partial charge in [-0.1, -0.05) is 23.4 Å². The highest BCUT2D eigenvalue weighted by molar-refractivity contribution is 5.93. The largest absolute Gasteiger partial charge is 0.393 e. The van der Waals surface area contributed by atoms with E-state index in [1.165, 1.54) is 0 Å². The Hall–Kier alpha value is -2.80. The Morgan fingerprint density at radius 2 is 2.08 bits per heavy atom. The number of benzene rings is 1. The number of aromatic nitrogens is 4. The highest BCUT2D eigenvalue weighted by Gasteiger charge is 2.21. The van der Waals surface area contributed by atoms with Crippen molar-refractivity contribution in [2.24, 2.45) is 0 Å². The van der Waals surface area contributed by atoms with E-state index in [-0.39, 0.29) is 5.91 Å². The van der Waals surface area contributed by atoms with Crippen LogP contribution in [0.1, 0.15) is 29.5 Å². The maximum absolute atomic E-state index is 12.6. The van der Waals surface area contributed by atoms with Gasteiger partial charge < -0.3 is 10.0 Å². The molecular weight excluding hydrogens is 318 g/mol. The van der Waals surface area contributed by atoms with Gasteiger partial charge >= 0.3 is 0 Å². The van der Waals surface area contributed by atoms with Crippen molar-refractivity contribution >= 4 is 16.8 Å². The Labute approximate surface area is 145 Å². The van der Waals surface area contributed by atoms with Crippen molar-refractivity contribution in [1.29, 1.82) is 0 Å². The third kappa shape index (κ3) is 3.36. The third-order valence-electron chi connectivity index (χ3n) is 4.17. The van der Waals surface area contributed by atoms with Crippen molar-refractivity contribution in [2.45, 2.75) is 26.4 Å². The number of amides is 1. The molecule has 1 atom stereocenters. The quantitative estimate of drug-likeness (QED) is 0.768. The zero-order valence-electron chi connectivity index (χ0n) is 14.5. The van der Waals surface area contributed by atoms with Crippen molar-refractivity contribution in [3.63, 3.8) is 0 Å². The van der Waals surface area contributed by atoms with Crippen LogP contribution in [0.3, 0.4) is 0 Å². The first kappa shape index (κ1) is 17.0. The van der Waals surface area contributed by atoms with Gasteiger partial charge in [0.2, 0.25) is 0 Å². The maximum Gasteiger partial charge on any atom is 0.276 e. The molecular formula is C18H21N5O2. The highest BCUT2D eigenvalue weighted by Crippen LogP contribution is 2.21. The Kier molecular flexibility index (Phi) is 4.76. The van der Waals surface area contributed by atoms with E-state index in [1.807, 2.05) is 37.3 Å². The number of aliphatic hydroxyl groups excluding tert-OH is 1. The summed E-state index contributed by atoms with van der Waals surface area (Å²) in [7, 11) is 1.70. The third-order valence-corrected chi connectivity index (χ3v) is 4.17. The molecule has 25 heavy (non-hydrogen) atoms. The lowest BCUT2D eigenvalue weighted by Gasteiger charge is -2.17. The van der Waals surface area contributed by atoms with Gasteiger partial charge in [-0.3, -0.25) is 9.78 Å². The van der Waals surface area contributed by atoms with Gasteiger partial charge in [-0.05, 0) is 32.4 Å². The molecule has 2 aromatic heterocycles. The molecule has 130 valence electrons. The first-order valence-corrected chi connectivity index (χ1v) is 8.19. The average Bonchev–Trinajstić information content (AvgIpc) is 2.99. The highest BCUT2D eigenvalue weighted by atomic mass is 16.3. The first-order valence-electron chi connectivity index (χ1n) is 8.19. The fourth-order valence-electron chi connectivity index (χ4n) is 2.68. The number of para-hydroxylation sites is 1. The van der Waals surface area contributed by atoms with Crippen LogP contribution in [-0.2, 0) is 0 Å². The maximum atomic E-state index is 12.6. The number of fused-ring (bicyclic) bond motifs is 1. The average molecular weight is 339 g/mol. The number of nitrogens with zero attached hydrogens (tertiary/aromatic N) is 5.